The van der Waals surface area contributed by atoms with Crippen LogP contribution >= 0.6 is 11.8 Å². The van der Waals surface area contributed by atoms with Crippen molar-refractivity contribution in [3.05, 3.63) is 53.5 Å². The van der Waals surface area contributed by atoms with Crippen molar-refractivity contribution in [2.24, 2.45) is 5.10 Å². The maximum atomic E-state index is 11.8. The van der Waals surface area contributed by atoms with E-state index in [2.05, 4.69) is 10.5 Å². The number of thioether (sulfide) groups is 1. The van der Waals surface area contributed by atoms with Crippen LogP contribution in [0.4, 0.5) is 0 Å². The zero-order valence-electron chi connectivity index (χ0n) is 13.8. The van der Waals surface area contributed by atoms with Gasteiger partial charge in [-0.05, 0) is 42.8 Å². The maximum absolute atomic E-state index is 11.8. The summed E-state index contributed by atoms with van der Waals surface area (Å²) in [5, 5.41) is 14.6. The van der Waals surface area contributed by atoms with Crippen LogP contribution in [0, 0.1) is 0 Å². The molecule has 0 bridgehead atoms. The van der Waals surface area contributed by atoms with E-state index in [0.717, 1.165) is 11.1 Å². The van der Waals surface area contributed by atoms with Crippen molar-refractivity contribution >= 4 is 29.4 Å². The van der Waals surface area contributed by atoms with E-state index in [9.17, 15) is 14.7 Å². The molecule has 0 atom stereocenters. The van der Waals surface area contributed by atoms with Crippen molar-refractivity contribution in [3.8, 4) is 5.75 Å². The van der Waals surface area contributed by atoms with Crippen LogP contribution in [0.3, 0.4) is 0 Å². The zero-order valence-corrected chi connectivity index (χ0v) is 14.6. The summed E-state index contributed by atoms with van der Waals surface area (Å²) in [4.78, 5) is 22.4. The predicted molar refractivity (Wildman–Crippen MR) is 92.5 cm³/mol. The second kappa shape index (κ2) is 8.93. The first kappa shape index (κ1) is 18.6. The number of benzene rings is 1. The first-order valence-corrected chi connectivity index (χ1v) is 8.49. The number of carbonyl (C=O) groups excluding carboxylic acids is 2. The molecule has 1 heterocycles. The smallest absolute Gasteiger partial charge is 0.307 e. The normalized spacial score (nSPS) is 11.2. The summed E-state index contributed by atoms with van der Waals surface area (Å²) >= 11 is 1.22. The Morgan fingerprint density at radius 3 is 2.80 bits per heavy atom. The van der Waals surface area contributed by atoms with E-state index in [1.807, 2.05) is 12.1 Å². The maximum Gasteiger partial charge on any atom is 0.307 e. The third-order valence-electron chi connectivity index (χ3n) is 3.25. The minimum Gasteiger partial charge on any atom is -0.549 e. The van der Waals surface area contributed by atoms with E-state index in [1.165, 1.54) is 18.0 Å². The molecule has 1 aromatic carbocycles. The van der Waals surface area contributed by atoms with Crippen LogP contribution in [-0.4, -0.2) is 30.5 Å². The predicted octanol–water partition coefficient (Wildman–Crippen LogP) is 1.43. The molecule has 8 heteroatoms. The van der Waals surface area contributed by atoms with Gasteiger partial charge in [0.15, 0.2) is 5.76 Å². The van der Waals surface area contributed by atoms with Crippen molar-refractivity contribution in [2.75, 3.05) is 12.9 Å². The standard InChI is InChI=1S/C17H18N2O5S/c1-11(18-19-17(22)15-4-3-7-24-15)12-5-6-14(23-2)13(8-12)9-25-10-16(20)21/h3-8H,9-10H2,1-2H3,(H,19,22)(H,20,21)/p-1/b18-11-. The largest absolute Gasteiger partial charge is 0.549 e. The van der Waals surface area contributed by atoms with Crippen LogP contribution < -0.4 is 15.3 Å². The number of nitrogens with zero attached hydrogens (tertiary/aromatic N) is 1. The van der Waals surface area contributed by atoms with Gasteiger partial charge < -0.3 is 19.1 Å². The molecular formula is C17H17N2O5S-. The van der Waals surface area contributed by atoms with Gasteiger partial charge in [0.1, 0.15) is 5.75 Å². The number of hydrazone groups is 1. The lowest BCUT2D eigenvalue weighted by Gasteiger charge is -2.11. The molecular weight excluding hydrogens is 344 g/mol. The number of carbonyl (C=O) groups is 2. The molecule has 0 unspecified atom stereocenters. The molecule has 132 valence electrons. The van der Waals surface area contributed by atoms with Gasteiger partial charge in [-0.25, -0.2) is 5.43 Å². The highest BCUT2D eigenvalue weighted by Crippen LogP contribution is 2.24. The fraction of sp³-hybridized carbons (Fsp3) is 0.235. The molecule has 0 aliphatic heterocycles. The van der Waals surface area contributed by atoms with Gasteiger partial charge in [0, 0.05) is 17.1 Å². The molecule has 0 aliphatic carbocycles. The number of aliphatic carboxylic acids is 1. The van der Waals surface area contributed by atoms with E-state index in [4.69, 9.17) is 9.15 Å². The van der Waals surface area contributed by atoms with Crippen molar-refractivity contribution < 1.29 is 23.8 Å². The minimum absolute atomic E-state index is 0.0976. The Labute approximate surface area is 149 Å². The molecule has 2 aromatic rings. The lowest BCUT2D eigenvalue weighted by atomic mass is 10.1. The Kier molecular flexibility index (Phi) is 6.64. The summed E-state index contributed by atoms with van der Waals surface area (Å²) in [7, 11) is 1.55. The molecule has 1 aromatic heterocycles. The van der Waals surface area contributed by atoms with Crippen LogP contribution in [0.15, 0.2) is 46.1 Å². The molecule has 7 nitrogen and oxygen atoms in total. The third-order valence-corrected chi connectivity index (χ3v) is 4.20. The Bertz CT molecular complexity index is 771. The number of carboxylic acid groups (broad SMARTS) is 1. The Morgan fingerprint density at radius 1 is 1.36 bits per heavy atom. The van der Waals surface area contributed by atoms with Gasteiger partial charge in [-0.1, -0.05) is 0 Å². The van der Waals surface area contributed by atoms with E-state index in [-0.39, 0.29) is 11.5 Å². The lowest BCUT2D eigenvalue weighted by molar-refractivity contribution is -0.301. The van der Waals surface area contributed by atoms with Crippen molar-refractivity contribution in [3.63, 3.8) is 0 Å². The quantitative estimate of drug-likeness (QED) is 0.563. The molecule has 2 rings (SSSR count). The summed E-state index contributed by atoms with van der Waals surface area (Å²) in [6.45, 7) is 1.75. The van der Waals surface area contributed by atoms with Crippen LogP contribution in [0.25, 0.3) is 0 Å². The third kappa shape index (κ3) is 5.39. The molecule has 1 N–H and O–H groups in total. The number of furan rings is 1. The number of rotatable bonds is 8. The average molecular weight is 361 g/mol. The first-order valence-electron chi connectivity index (χ1n) is 7.34. The average Bonchev–Trinajstić information content (AvgIpc) is 3.13. The monoisotopic (exact) mass is 361 g/mol. The lowest BCUT2D eigenvalue weighted by Crippen LogP contribution is -2.24. The number of amides is 1. The van der Waals surface area contributed by atoms with E-state index >= 15 is 0 Å². The van der Waals surface area contributed by atoms with Crippen LogP contribution in [0.2, 0.25) is 0 Å². The van der Waals surface area contributed by atoms with Gasteiger partial charge in [-0.3, -0.25) is 4.79 Å². The fourth-order valence-corrected chi connectivity index (χ4v) is 2.74. The number of nitrogens with one attached hydrogen (secondary N) is 1. The summed E-state index contributed by atoms with van der Waals surface area (Å²) in [6, 6.07) is 8.59. The number of carboxylic acids is 1. The second-order valence-corrected chi connectivity index (χ2v) is 5.99. The van der Waals surface area contributed by atoms with Gasteiger partial charge >= 0.3 is 5.91 Å². The van der Waals surface area contributed by atoms with Crippen LogP contribution in [0.1, 0.15) is 28.6 Å². The number of hydrogen-bond acceptors (Lipinski definition) is 7. The Balaban J connectivity index is 2.10. The van der Waals surface area contributed by atoms with Gasteiger partial charge in [0.05, 0.1) is 25.1 Å². The van der Waals surface area contributed by atoms with E-state index < -0.39 is 11.9 Å². The van der Waals surface area contributed by atoms with Crippen molar-refractivity contribution in [1.82, 2.24) is 5.43 Å². The van der Waals surface area contributed by atoms with Gasteiger partial charge in [-0.15, -0.1) is 0 Å². The number of hydrogen-bond donors (Lipinski definition) is 1. The van der Waals surface area contributed by atoms with Crippen LogP contribution in [0.5, 0.6) is 5.75 Å². The summed E-state index contributed by atoms with van der Waals surface area (Å²) in [5.74, 6) is -0.370. The molecule has 0 radical (unpaired) electrons. The van der Waals surface area contributed by atoms with E-state index in [1.54, 1.807) is 32.2 Å². The van der Waals surface area contributed by atoms with Crippen molar-refractivity contribution in [1.29, 1.82) is 0 Å². The van der Waals surface area contributed by atoms with Gasteiger partial charge in [-0.2, -0.15) is 16.9 Å². The highest BCUT2D eigenvalue weighted by molar-refractivity contribution is 7.99. The molecule has 1 amide bonds. The Morgan fingerprint density at radius 2 is 2.16 bits per heavy atom. The van der Waals surface area contributed by atoms with E-state index in [0.29, 0.717) is 17.2 Å². The summed E-state index contributed by atoms with van der Waals surface area (Å²) in [5.41, 5.74) is 4.63. The topological polar surface area (TPSA) is 104 Å². The first-order chi connectivity index (χ1) is 12.0. The fourth-order valence-electron chi connectivity index (χ4n) is 2.02. The summed E-state index contributed by atoms with van der Waals surface area (Å²) < 4.78 is 10.3. The molecule has 0 aliphatic rings. The zero-order chi connectivity index (χ0) is 18.2. The van der Waals surface area contributed by atoms with Gasteiger partial charge in [0.25, 0.3) is 0 Å². The van der Waals surface area contributed by atoms with Gasteiger partial charge in [0.2, 0.25) is 0 Å². The number of ether oxygens (including phenoxy) is 1. The molecule has 0 fully saturated rings. The number of methoxy groups -OCH3 is 1. The highest BCUT2D eigenvalue weighted by atomic mass is 32.2. The second-order valence-electron chi connectivity index (χ2n) is 5.01. The molecule has 0 spiro atoms. The van der Waals surface area contributed by atoms with Crippen molar-refractivity contribution in [2.45, 2.75) is 12.7 Å². The molecule has 0 saturated carbocycles. The SMILES string of the molecule is COc1ccc(/C(C)=N\NC(=O)c2ccco2)cc1CSCC(=O)[O-]. The van der Waals surface area contributed by atoms with Crippen LogP contribution in [-0.2, 0) is 10.5 Å². The Hall–Kier alpha value is -2.74. The minimum atomic E-state index is -1.11. The summed E-state index contributed by atoms with van der Waals surface area (Å²) in [6.07, 6.45) is 1.41. The highest BCUT2D eigenvalue weighted by Gasteiger charge is 2.09. The molecule has 25 heavy (non-hydrogen) atoms. The molecule has 0 saturated heterocycles.